The molecule has 0 saturated carbocycles. The number of aliphatic imine (C=N–C) groups is 1. The molecule has 0 aromatic heterocycles. The van der Waals surface area contributed by atoms with Crippen molar-refractivity contribution in [2.75, 3.05) is 16.5 Å². The molecule has 0 aliphatic rings. The van der Waals surface area contributed by atoms with Crippen molar-refractivity contribution in [1.82, 2.24) is 0 Å². The first-order valence-corrected chi connectivity index (χ1v) is 8.90. The number of carbonyl (C=O) groups excluding carboxylic acids is 1. The first-order valence-electron chi connectivity index (χ1n) is 8.36. The Morgan fingerprint density at radius 1 is 0.889 bits per heavy atom. The lowest BCUT2D eigenvalue weighted by molar-refractivity contribution is 0.102. The fourth-order valence-corrected chi connectivity index (χ4v) is 2.50. The van der Waals surface area contributed by atoms with Crippen LogP contribution in [0, 0.1) is 0 Å². The molecule has 0 bridgehead atoms. The number of anilines is 3. The smallest absolute Gasteiger partial charge is 0.255 e. The van der Waals surface area contributed by atoms with Crippen LogP contribution in [0.4, 0.5) is 22.7 Å². The van der Waals surface area contributed by atoms with Crippen LogP contribution < -0.4 is 16.4 Å². The van der Waals surface area contributed by atoms with Crippen molar-refractivity contribution in [2.45, 2.75) is 0 Å². The standard InChI is InChI=1S/C21H19ClN4O/c22-14-20(23)25-19-8-4-5-15(13-19)21(27)26-18-11-9-17(10-12-18)24-16-6-2-1-3-7-16/h1-13,24H,14H2,(H2,23,25)(H,26,27). The molecule has 3 aromatic carbocycles. The Balaban J connectivity index is 1.66. The van der Waals surface area contributed by atoms with E-state index >= 15 is 0 Å². The van der Waals surface area contributed by atoms with Gasteiger partial charge in [0.2, 0.25) is 0 Å². The predicted molar refractivity (Wildman–Crippen MR) is 113 cm³/mol. The molecule has 6 heteroatoms. The summed E-state index contributed by atoms with van der Waals surface area (Å²) in [6, 6.07) is 24.3. The second kappa shape index (κ2) is 8.87. The molecule has 0 aliphatic heterocycles. The minimum absolute atomic E-state index is 0.139. The van der Waals surface area contributed by atoms with Gasteiger partial charge in [-0.25, -0.2) is 4.99 Å². The minimum Gasteiger partial charge on any atom is -0.386 e. The fraction of sp³-hybridized carbons (Fsp3) is 0.0476. The van der Waals surface area contributed by atoms with Crippen LogP contribution in [0.3, 0.4) is 0 Å². The second-order valence-electron chi connectivity index (χ2n) is 5.81. The number of carbonyl (C=O) groups is 1. The summed E-state index contributed by atoms with van der Waals surface area (Å²) in [4.78, 5) is 16.6. The fourth-order valence-electron chi connectivity index (χ4n) is 2.44. The largest absolute Gasteiger partial charge is 0.386 e. The van der Waals surface area contributed by atoms with Crippen LogP contribution in [0.2, 0.25) is 0 Å². The molecule has 27 heavy (non-hydrogen) atoms. The van der Waals surface area contributed by atoms with Gasteiger partial charge >= 0.3 is 0 Å². The van der Waals surface area contributed by atoms with Crippen molar-refractivity contribution in [2.24, 2.45) is 10.7 Å². The Morgan fingerprint density at radius 3 is 2.26 bits per heavy atom. The van der Waals surface area contributed by atoms with Gasteiger partial charge in [0.25, 0.3) is 5.91 Å². The normalized spacial score (nSPS) is 11.1. The average molecular weight is 379 g/mol. The maximum atomic E-state index is 12.5. The second-order valence-corrected chi connectivity index (χ2v) is 6.08. The Morgan fingerprint density at radius 2 is 1.56 bits per heavy atom. The maximum absolute atomic E-state index is 12.5. The van der Waals surface area contributed by atoms with Crippen LogP contribution in [-0.2, 0) is 0 Å². The van der Waals surface area contributed by atoms with Crippen molar-refractivity contribution in [3.63, 3.8) is 0 Å². The first-order chi connectivity index (χ1) is 13.1. The van der Waals surface area contributed by atoms with Gasteiger partial charge in [-0.2, -0.15) is 0 Å². The number of hydrogen-bond acceptors (Lipinski definition) is 3. The van der Waals surface area contributed by atoms with Crippen molar-refractivity contribution in [3.8, 4) is 0 Å². The predicted octanol–water partition coefficient (Wildman–Crippen LogP) is 4.91. The van der Waals surface area contributed by atoms with E-state index in [1.807, 2.05) is 54.6 Å². The highest BCUT2D eigenvalue weighted by molar-refractivity contribution is 6.28. The molecule has 0 saturated heterocycles. The van der Waals surface area contributed by atoms with Gasteiger partial charge in [-0.15, -0.1) is 11.6 Å². The lowest BCUT2D eigenvalue weighted by atomic mass is 10.2. The summed E-state index contributed by atoms with van der Waals surface area (Å²) >= 11 is 5.64. The van der Waals surface area contributed by atoms with Gasteiger partial charge in [-0.05, 0) is 54.6 Å². The molecule has 136 valence electrons. The van der Waals surface area contributed by atoms with E-state index in [1.165, 1.54) is 0 Å². The van der Waals surface area contributed by atoms with Gasteiger partial charge in [-0.1, -0.05) is 24.3 Å². The molecule has 0 unspecified atom stereocenters. The Kier molecular flexibility index (Phi) is 6.07. The van der Waals surface area contributed by atoms with Gasteiger partial charge in [0.05, 0.1) is 11.6 Å². The molecule has 0 spiro atoms. The number of amidine groups is 1. The van der Waals surface area contributed by atoms with E-state index in [9.17, 15) is 4.79 Å². The van der Waals surface area contributed by atoms with Crippen molar-refractivity contribution >= 4 is 46.1 Å². The summed E-state index contributed by atoms with van der Waals surface area (Å²) in [5.41, 5.74) is 9.35. The molecular weight excluding hydrogens is 360 g/mol. The summed E-state index contributed by atoms with van der Waals surface area (Å²) < 4.78 is 0. The minimum atomic E-state index is -0.222. The van der Waals surface area contributed by atoms with E-state index in [-0.39, 0.29) is 11.8 Å². The third-order valence-corrected chi connectivity index (χ3v) is 4.00. The Bertz CT molecular complexity index is 940. The number of benzene rings is 3. The van der Waals surface area contributed by atoms with Gasteiger partial charge in [-0.3, -0.25) is 4.79 Å². The number of halogens is 1. The third-order valence-electron chi connectivity index (χ3n) is 3.72. The number of rotatable bonds is 6. The molecule has 0 fully saturated rings. The molecule has 5 nitrogen and oxygen atoms in total. The quantitative estimate of drug-likeness (QED) is 0.324. The molecular formula is C21H19ClN4O. The zero-order valence-corrected chi connectivity index (χ0v) is 15.3. The molecule has 3 rings (SSSR count). The van der Waals surface area contributed by atoms with E-state index in [0.29, 0.717) is 22.8 Å². The van der Waals surface area contributed by atoms with E-state index in [4.69, 9.17) is 17.3 Å². The zero-order chi connectivity index (χ0) is 19.1. The SMILES string of the molecule is NC(CCl)=Nc1cccc(C(=O)Nc2ccc(Nc3ccccc3)cc2)c1. The van der Waals surface area contributed by atoms with Crippen LogP contribution in [0.25, 0.3) is 0 Å². The number of para-hydroxylation sites is 1. The van der Waals surface area contributed by atoms with E-state index in [0.717, 1.165) is 11.4 Å². The number of nitrogens with zero attached hydrogens (tertiary/aromatic N) is 1. The summed E-state index contributed by atoms with van der Waals surface area (Å²) in [6.45, 7) is 0. The highest BCUT2D eigenvalue weighted by atomic mass is 35.5. The summed E-state index contributed by atoms with van der Waals surface area (Å²) in [6.07, 6.45) is 0. The lowest BCUT2D eigenvalue weighted by Gasteiger charge is -2.09. The number of amides is 1. The monoisotopic (exact) mass is 378 g/mol. The zero-order valence-electron chi connectivity index (χ0n) is 14.5. The molecule has 0 heterocycles. The number of nitrogens with one attached hydrogen (secondary N) is 2. The summed E-state index contributed by atoms with van der Waals surface area (Å²) in [7, 11) is 0. The van der Waals surface area contributed by atoms with E-state index in [1.54, 1.807) is 24.3 Å². The Labute approximate surface area is 162 Å². The van der Waals surface area contributed by atoms with Crippen molar-refractivity contribution in [1.29, 1.82) is 0 Å². The highest BCUT2D eigenvalue weighted by Crippen LogP contribution is 2.20. The first kappa shape index (κ1) is 18.5. The third kappa shape index (κ3) is 5.33. The number of hydrogen-bond donors (Lipinski definition) is 3. The average Bonchev–Trinajstić information content (AvgIpc) is 2.70. The van der Waals surface area contributed by atoms with Crippen LogP contribution >= 0.6 is 11.6 Å². The number of nitrogens with two attached hydrogens (primary N) is 1. The summed E-state index contributed by atoms with van der Waals surface area (Å²) in [5.74, 6) is 0.218. The molecule has 4 N–H and O–H groups in total. The van der Waals surface area contributed by atoms with E-state index in [2.05, 4.69) is 15.6 Å². The number of alkyl halides is 1. The van der Waals surface area contributed by atoms with Crippen molar-refractivity contribution in [3.05, 3.63) is 84.4 Å². The lowest BCUT2D eigenvalue weighted by Crippen LogP contribution is -2.13. The van der Waals surface area contributed by atoms with Crippen molar-refractivity contribution < 1.29 is 4.79 Å². The maximum Gasteiger partial charge on any atom is 0.255 e. The van der Waals surface area contributed by atoms with E-state index < -0.39 is 0 Å². The van der Waals surface area contributed by atoms with Crippen LogP contribution in [0.15, 0.2) is 83.9 Å². The molecule has 3 aromatic rings. The molecule has 0 aliphatic carbocycles. The molecule has 0 radical (unpaired) electrons. The Hall–Kier alpha value is -3.31. The summed E-state index contributed by atoms with van der Waals surface area (Å²) in [5, 5.41) is 6.17. The van der Waals surface area contributed by atoms with Gasteiger partial charge in [0, 0.05) is 22.6 Å². The van der Waals surface area contributed by atoms with Gasteiger partial charge < -0.3 is 16.4 Å². The van der Waals surface area contributed by atoms with Gasteiger partial charge in [0.1, 0.15) is 5.84 Å². The van der Waals surface area contributed by atoms with Gasteiger partial charge in [0.15, 0.2) is 0 Å². The topological polar surface area (TPSA) is 79.5 Å². The molecule has 0 atom stereocenters. The molecule has 1 amide bonds. The highest BCUT2D eigenvalue weighted by Gasteiger charge is 2.07. The van der Waals surface area contributed by atoms with Crippen LogP contribution in [0.5, 0.6) is 0 Å². The van der Waals surface area contributed by atoms with Crippen LogP contribution in [0.1, 0.15) is 10.4 Å². The van der Waals surface area contributed by atoms with Crippen LogP contribution in [-0.4, -0.2) is 17.6 Å².